The molecule has 1 aromatic heterocycles. The van der Waals surface area contributed by atoms with Crippen molar-refractivity contribution >= 4 is 5.91 Å². The largest absolute Gasteiger partial charge is 0.416 e. The van der Waals surface area contributed by atoms with E-state index in [4.69, 9.17) is 0 Å². The van der Waals surface area contributed by atoms with E-state index < -0.39 is 23.3 Å². The summed E-state index contributed by atoms with van der Waals surface area (Å²) >= 11 is 0. The third kappa shape index (κ3) is 6.16. The Morgan fingerprint density at radius 2 is 1.92 bits per heavy atom. The number of aryl methyl sites for hydroxylation is 1. The van der Waals surface area contributed by atoms with Crippen LogP contribution in [0.25, 0.3) is 0 Å². The van der Waals surface area contributed by atoms with E-state index in [-0.39, 0.29) is 23.8 Å². The van der Waals surface area contributed by atoms with Gasteiger partial charge in [0.1, 0.15) is 6.04 Å². The Bertz CT molecular complexity index is 667. The van der Waals surface area contributed by atoms with Crippen LogP contribution in [0.5, 0.6) is 0 Å². The fourth-order valence-electron chi connectivity index (χ4n) is 2.84. The number of pyridine rings is 1. The van der Waals surface area contributed by atoms with Crippen molar-refractivity contribution in [2.24, 2.45) is 5.92 Å². The van der Waals surface area contributed by atoms with E-state index in [1.807, 2.05) is 32.8 Å². The first-order valence-corrected chi connectivity index (χ1v) is 8.66. The number of amides is 1. The number of carbonyl (C=O) groups excluding carboxylic acids is 1. The zero-order valence-electron chi connectivity index (χ0n) is 16.0. The van der Waals surface area contributed by atoms with Gasteiger partial charge in [-0.2, -0.15) is 13.2 Å². The summed E-state index contributed by atoms with van der Waals surface area (Å²) in [6.45, 7) is 4.41. The van der Waals surface area contributed by atoms with Gasteiger partial charge in [0.15, 0.2) is 0 Å². The highest BCUT2D eigenvalue weighted by atomic mass is 19.4. The molecule has 0 aliphatic rings. The molecule has 1 unspecified atom stereocenters. The Labute approximate surface area is 152 Å². The van der Waals surface area contributed by atoms with Crippen LogP contribution >= 0.6 is 0 Å². The quantitative estimate of drug-likeness (QED) is 0.760. The van der Waals surface area contributed by atoms with Crippen molar-refractivity contribution in [1.82, 2.24) is 14.8 Å². The summed E-state index contributed by atoms with van der Waals surface area (Å²) < 4.78 is 41.2. The molecule has 26 heavy (non-hydrogen) atoms. The van der Waals surface area contributed by atoms with Gasteiger partial charge in [0, 0.05) is 19.3 Å². The maximum Gasteiger partial charge on any atom is 0.416 e. The molecule has 0 saturated carbocycles. The molecule has 0 spiro atoms. The van der Waals surface area contributed by atoms with Gasteiger partial charge in [-0.15, -0.1) is 0 Å². The number of rotatable bonds is 8. The summed E-state index contributed by atoms with van der Waals surface area (Å²) in [4.78, 5) is 26.4. The highest BCUT2D eigenvalue weighted by molar-refractivity contribution is 5.80. The van der Waals surface area contributed by atoms with Crippen molar-refractivity contribution in [3.05, 3.63) is 33.7 Å². The molecular weight excluding hydrogens is 347 g/mol. The minimum absolute atomic E-state index is 0.0385. The summed E-state index contributed by atoms with van der Waals surface area (Å²) in [6.07, 6.45) is -2.34. The van der Waals surface area contributed by atoms with Gasteiger partial charge in [0.05, 0.1) is 5.56 Å². The predicted octanol–water partition coefficient (Wildman–Crippen LogP) is 2.69. The van der Waals surface area contributed by atoms with E-state index >= 15 is 0 Å². The van der Waals surface area contributed by atoms with Crippen LogP contribution in [-0.2, 0) is 17.4 Å². The van der Waals surface area contributed by atoms with Crippen LogP contribution in [0.2, 0.25) is 0 Å². The molecule has 1 aromatic rings. The molecule has 0 fully saturated rings. The fraction of sp³-hybridized carbons (Fsp3) is 0.667. The van der Waals surface area contributed by atoms with Crippen molar-refractivity contribution in [3.8, 4) is 0 Å². The first-order valence-electron chi connectivity index (χ1n) is 8.66. The Kier molecular flexibility index (Phi) is 7.87. The molecule has 1 N–H and O–H groups in total. The first kappa shape index (κ1) is 22.2. The molecule has 1 rings (SSSR count). The lowest BCUT2D eigenvalue weighted by molar-refractivity contribution is -0.138. The Morgan fingerprint density at radius 1 is 1.31 bits per heavy atom. The molecule has 1 atom stereocenters. The van der Waals surface area contributed by atoms with E-state index in [2.05, 4.69) is 5.32 Å². The molecular formula is C18H28F3N3O2. The lowest BCUT2D eigenvalue weighted by atomic mass is 10.0. The number of nitrogens with zero attached hydrogens (tertiary/aromatic N) is 2. The van der Waals surface area contributed by atoms with Crippen molar-refractivity contribution in [2.75, 3.05) is 27.7 Å². The predicted molar refractivity (Wildman–Crippen MR) is 95.1 cm³/mol. The second-order valence-electron chi connectivity index (χ2n) is 7.12. The summed E-state index contributed by atoms with van der Waals surface area (Å²) in [5.74, 6) is -0.288. The van der Waals surface area contributed by atoms with Gasteiger partial charge in [-0.05, 0) is 51.4 Å². The van der Waals surface area contributed by atoms with Gasteiger partial charge >= 0.3 is 6.18 Å². The van der Waals surface area contributed by atoms with E-state index in [0.29, 0.717) is 25.5 Å². The number of nitrogens with one attached hydrogen (secondary N) is 1. The third-order valence-electron chi connectivity index (χ3n) is 4.10. The molecule has 148 valence electrons. The highest BCUT2D eigenvalue weighted by Crippen LogP contribution is 2.32. The first-order chi connectivity index (χ1) is 12.0. The zero-order chi connectivity index (χ0) is 20.1. The lowest BCUT2D eigenvalue weighted by Gasteiger charge is -2.23. The van der Waals surface area contributed by atoms with E-state index in [9.17, 15) is 22.8 Å². The molecule has 5 nitrogen and oxygen atoms in total. The van der Waals surface area contributed by atoms with Gasteiger partial charge in [0.2, 0.25) is 5.91 Å². The maximum absolute atomic E-state index is 13.3. The van der Waals surface area contributed by atoms with Crippen LogP contribution < -0.4 is 10.9 Å². The second-order valence-corrected chi connectivity index (χ2v) is 7.12. The minimum Gasteiger partial charge on any atom is -0.357 e. The second kappa shape index (κ2) is 9.21. The van der Waals surface area contributed by atoms with Gasteiger partial charge in [-0.3, -0.25) is 9.59 Å². The fourth-order valence-corrected chi connectivity index (χ4v) is 2.84. The number of hydrogen-bond acceptors (Lipinski definition) is 3. The Balaban J connectivity index is 3.39. The van der Waals surface area contributed by atoms with Crippen LogP contribution in [-0.4, -0.2) is 43.1 Å². The van der Waals surface area contributed by atoms with Crippen LogP contribution in [0.15, 0.2) is 17.1 Å². The maximum atomic E-state index is 13.3. The van der Waals surface area contributed by atoms with Crippen LogP contribution in [0.3, 0.4) is 0 Å². The number of alkyl halides is 3. The van der Waals surface area contributed by atoms with Crippen molar-refractivity contribution in [3.63, 3.8) is 0 Å². The van der Waals surface area contributed by atoms with Crippen molar-refractivity contribution in [2.45, 2.75) is 45.3 Å². The average molecular weight is 375 g/mol. The molecule has 0 saturated heterocycles. The van der Waals surface area contributed by atoms with Crippen LogP contribution in [0.1, 0.15) is 43.9 Å². The number of halogens is 3. The molecule has 1 amide bonds. The molecule has 0 aromatic carbocycles. The SMILES string of the molecule is CNC(=O)C(CC(C)C)n1cc(CCCN(C)C)c(C(F)(F)F)cc1=O. The molecule has 0 aliphatic heterocycles. The van der Waals surface area contributed by atoms with Gasteiger partial charge < -0.3 is 14.8 Å². The summed E-state index contributed by atoms with van der Waals surface area (Å²) in [5, 5.41) is 2.49. The van der Waals surface area contributed by atoms with Crippen LogP contribution in [0, 0.1) is 5.92 Å². The lowest BCUT2D eigenvalue weighted by Crippen LogP contribution is -2.37. The third-order valence-corrected chi connectivity index (χ3v) is 4.10. The number of carbonyl (C=O) groups is 1. The standard InChI is InChI=1S/C18H28F3N3O2/c1-12(2)9-15(17(26)22-3)24-11-13(7-6-8-23(4)5)14(10-16(24)25)18(19,20)21/h10-12,15H,6-9H2,1-5H3,(H,22,26). The molecule has 0 bridgehead atoms. The molecule has 0 radical (unpaired) electrons. The number of aromatic nitrogens is 1. The van der Waals surface area contributed by atoms with Gasteiger partial charge in [-0.25, -0.2) is 0 Å². The van der Waals surface area contributed by atoms with E-state index in [1.165, 1.54) is 13.2 Å². The van der Waals surface area contributed by atoms with Crippen molar-refractivity contribution in [1.29, 1.82) is 0 Å². The van der Waals surface area contributed by atoms with E-state index in [0.717, 1.165) is 4.57 Å². The normalized spacial score (nSPS) is 13.3. The Hall–Kier alpha value is -1.83. The average Bonchev–Trinajstić information content (AvgIpc) is 2.51. The molecule has 8 heteroatoms. The van der Waals surface area contributed by atoms with E-state index in [1.54, 1.807) is 0 Å². The van der Waals surface area contributed by atoms with Crippen LogP contribution in [0.4, 0.5) is 13.2 Å². The van der Waals surface area contributed by atoms with Gasteiger partial charge in [-0.1, -0.05) is 13.8 Å². The minimum atomic E-state index is -4.60. The topological polar surface area (TPSA) is 54.3 Å². The summed E-state index contributed by atoms with van der Waals surface area (Å²) in [6, 6.07) is -0.219. The highest BCUT2D eigenvalue weighted by Gasteiger charge is 2.35. The number of hydrogen-bond donors (Lipinski definition) is 1. The summed E-state index contributed by atoms with van der Waals surface area (Å²) in [5.41, 5.74) is -1.70. The zero-order valence-corrected chi connectivity index (χ0v) is 16.0. The Morgan fingerprint density at radius 3 is 2.38 bits per heavy atom. The summed E-state index contributed by atoms with van der Waals surface area (Å²) in [7, 11) is 5.13. The molecule has 1 heterocycles. The van der Waals surface area contributed by atoms with Crippen molar-refractivity contribution < 1.29 is 18.0 Å². The smallest absolute Gasteiger partial charge is 0.357 e. The van der Waals surface area contributed by atoms with Gasteiger partial charge in [0.25, 0.3) is 5.56 Å². The number of likely N-dealkylation sites (N-methyl/N-ethyl adjacent to an activating group) is 1. The molecule has 0 aliphatic carbocycles. The monoisotopic (exact) mass is 375 g/mol.